The fourth-order valence-corrected chi connectivity index (χ4v) is 2.12. The van der Waals surface area contributed by atoms with Crippen molar-refractivity contribution in [3.05, 3.63) is 24.2 Å². The van der Waals surface area contributed by atoms with Crippen molar-refractivity contribution in [1.82, 2.24) is 25.4 Å². The van der Waals surface area contributed by atoms with Crippen LogP contribution in [0.3, 0.4) is 0 Å². The highest BCUT2D eigenvalue weighted by molar-refractivity contribution is 5.79. The Kier molecular flexibility index (Phi) is 2.55. The zero-order chi connectivity index (χ0) is 10.8. The third kappa shape index (κ3) is 1.79. The van der Waals surface area contributed by atoms with Crippen LogP contribution in [0, 0.1) is 0 Å². The molecule has 3 rings (SSSR count). The van der Waals surface area contributed by atoms with E-state index in [2.05, 4.69) is 25.4 Å². The number of aromatic nitrogens is 3. The van der Waals surface area contributed by atoms with E-state index in [9.17, 15) is 0 Å². The summed E-state index contributed by atoms with van der Waals surface area (Å²) >= 11 is 0. The lowest BCUT2D eigenvalue weighted by Gasteiger charge is -2.26. The maximum Gasteiger partial charge on any atom is 0.0955 e. The third-order valence-electron chi connectivity index (χ3n) is 3.03. The lowest BCUT2D eigenvalue weighted by Crippen LogP contribution is -2.42. The maximum atomic E-state index is 4.28. The Hall–Kier alpha value is -1.46. The molecule has 0 aromatic carbocycles. The first-order valence-corrected chi connectivity index (χ1v) is 5.63. The molecule has 3 heterocycles. The van der Waals surface area contributed by atoms with Gasteiger partial charge < -0.3 is 5.32 Å². The van der Waals surface area contributed by atoms with E-state index in [4.69, 9.17) is 0 Å². The van der Waals surface area contributed by atoms with E-state index in [0.717, 1.165) is 43.6 Å². The molecule has 1 saturated heterocycles. The zero-order valence-corrected chi connectivity index (χ0v) is 9.11. The molecule has 1 fully saturated rings. The van der Waals surface area contributed by atoms with Gasteiger partial charge in [-0.05, 0) is 6.07 Å². The smallest absolute Gasteiger partial charge is 0.0955 e. The number of piperazine rings is 1. The summed E-state index contributed by atoms with van der Waals surface area (Å²) in [6.45, 7) is 5.28. The number of pyridine rings is 1. The number of aromatic amines is 1. The van der Waals surface area contributed by atoms with E-state index >= 15 is 0 Å². The van der Waals surface area contributed by atoms with Crippen LogP contribution in [-0.4, -0.2) is 46.3 Å². The van der Waals surface area contributed by atoms with Gasteiger partial charge in [0.2, 0.25) is 0 Å². The number of nitrogens with one attached hydrogen (secondary N) is 2. The van der Waals surface area contributed by atoms with E-state index in [1.807, 2.05) is 12.3 Å². The second-order valence-electron chi connectivity index (χ2n) is 4.12. The molecule has 5 nitrogen and oxygen atoms in total. The summed E-state index contributed by atoms with van der Waals surface area (Å²) in [6.07, 6.45) is 3.66. The second kappa shape index (κ2) is 4.19. The normalized spacial score (nSPS) is 18.0. The fraction of sp³-hybridized carbons (Fsp3) is 0.455. The molecule has 0 spiro atoms. The number of nitrogens with zero attached hydrogens (tertiary/aromatic N) is 3. The molecule has 0 saturated carbocycles. The molecule has 1 aliphatic rings. The van der Waals surface area contributed by atoms with Crippen molar-refractivity contribution in [1.29, 1.82) is 0 Å². The summed E-state index contributed by atoms with van der Waals surface area (Å²) in [5, 5.41) is 11.9. The van der Waals surface area contributed by atoms with Crippen molar-refractivity contribution >= 4 is 10.9 Å². The van der Waals surface area contributed by atoms with Crippen LogP contribution in [-0.2, 0) is 6.54 Å². The molecule has 0 radical (unpaired) electrons. The molecule has 0 amide bonds. The van der Waals surface area contributed by atoms with Crippen LogP contribution in [0.5, 0.6) is 0 Å². The summed E-state index contributed by atoms with van der Waals surface area (Å²) < 4.78 is 0. The molecule has 2 aromatic rings. The summed E-state index contributed by atoms with van der Waals surface area (Å²) in [7, 11) is 0. The molecule has 0 atom stereocenters. The van der Waals surface area contributed by atoms with Gasteiger partial charge in [-0.2, -0.15) is 5.10 Å². The maximum absolute atomic E-state index is 4.28. The predicted octanol–water partition coefficient (Wildman–Crippen LogP) is 0.363. The Morgan fingerprint density at radius 2 is 2.19 bits per heavy atom. The number of H-pyrrole nitrogens is 1. The van der Waals surface area contributed by atoms with E-state index < -0.39 is 0 Å². The molecule has 2 N–H and O–H groups in total. The van der Waals surface area contributed by atoms with Gasteiger partial charge >= 0.3 is 0 Å². The number of rotatable bonds is 2. The quantitative estimate of drug-likeness (QED) is 0.762. The topological polar surface area (TPSA) is 56.8 Å². The largest absolute Gasteiger partial charge is 0.314 e. The number of hydrogen-bond donors (Lipinski definition) is 2. The second-order valence-corrected chi connectivity index (χ2v) is 4.12. The van der Waals surface area contributed by atoms with Crippen molar-refractivity contribution in [3.63, 3.8) is 0 Å². The summed E-state index contributed by atoms with van der Waals surface area (Å²) in [4.78, 5) is 6.58. The monoisotopic (exact) mass is 217 g/mol. The minimum Gasteiger partial charge on any atom is -0.314 e. The van der Waals surface area contributed by atoms with E-state index in [1.165, 1.54) is 5.69 Å². The minimum atomic E-state index is 0.934. The highest BCUT2D eigenvalue weighted by Crippen LogP contribution is 2.15. The van der Waals surface area contributed by atoms with Crippen LogP contribution < -0.4 is 5.32 Å². The summed E-state index contributed by atoms with van der Waals surface area (Å²) in [5.74, 6) is 0. The van der Waals surface area contributed by atoms with Crippen LogP contribution in [0.15, 0.2) is 18.5 Å². The SMILES string of the molecule is c1cc2n[nH]c(CN3CCNCC3)c2cn1. The minimum absolute atomic E-state index is 0.934. The lowest BCUT2D eigenvalue weighted by molar-refractivity contribution is 0.231. The summed E-state index contributed by atoms with van der Waals surface area (Å²) in [6, 6.07) is 1.94. The van der Waals surface area contributed by atoms with Crippen LogP contribution in [0.25, 0.3) is 10.9 Å². The van der Waals surface area contributed by atoms with E-state index in [1.54, 1.807) is 6.20 Å². The lowest BCUT2D eigenvalue weighted by atomic mass is 10.2. The van der Waals surface area contributed by atoms with Crippen molar-refractivity contribution in [3.8, 4) is 0 Å². The van der Waals surface area contributed by atoms with Gasteiger partial charge in [-0.1, -0.05) is 0 Å². The Morgan fingerprint density at radius 1 is 1.31 bits per heavy atom. The fourth-order valence-electron chi connectivity index (χ4n) is 2.12. The third-order valence-corrected chi connectivity index (χ3v) is 3.03. The molecular weight excluding hydrogens is 202 g/mol. The Balaban J connectivity index is 1.83. The highest BCUT2D eigenvalue weighted by atomic mass is 15.2. The van der Waals surface area contributed by atoms with Gasteiger partial charge in [0.1, 0.15) is 0 Å². The molecule has 2 aromatic heterocycles. The van der Waals surface area contributed by atoms with Gasteiger partial charge in [0, 0.05) is 50.5 Å². The van der Waals surface area contributed by atoms with Crippen LogP contribution in [0.2, 0.25) is 0 Å². The highest BCUT2D eigenvalue weighted by Gasteiger charge is 2.12. The standard InChI is InChI=1S/C11H15N5/c1-2-13-7-9-10(1)14-15-11(9)8-16-5-3-12-4-6-16/h1-2,7,12H,3-6,8H2,(H,14,15). The Morgan fingerprint density at radius 3 is 3.06 bits per heavy atom. The average Bonchev–Trinajstić information content (AvgIpc) is 2.74. The van der Waals surface area contributed by atoms with Crippen LogP contribution in [0.4, 0.5) is 0 Å². The number of hydrogen-bond acceptors (Lipinski definition) is 4. The van der Waals surface area contributed by atoms with Crippen molar-refractivity contribution in [2.24, 2.45) is 0 Å². The average molecular weight is 217 g/mol. The molecule has 0 aliphatic carbocycles. The van der Waals surface area contributed by atoms with Gasteiger partial charge in [-0.15, -0.1) is 0 Å². The van der Waals surface area contributed by atoms with Gasteiger partial charge in [0.15, 0.2) is 0 Å². The molecule has 16 heavy (non-hydrogen) atoms. The van der Waals surface area contributed by atoms with Gasteiger partial charge in [-0.3, -0.25) is 15.0 Å². The predicted molar refractivity (Wildman–Crippen MR) is 62.0 cm³/mol. The Labute approximate surface area is 93.9 Å². The molecule has 0 unspecified atom stereocenters. The Bertz CT molecular complexity index is 472. The van der Waals surface area contributed by atoms with Crippen LogP contribution >= 0.6 is 0 Å². The summed E-state index contributed by atoms with van der Waals surface area (Å²) in [5.41, 5.74) is 2.17. The van der Waals surface area contributed by atoms with E-state index in [0.29, 0.717) is 0 Å². The molecule has 0 bridgehead atoms. The molecule has 1 aliphatic heterocycles. The first-order chi connectivity index (χ1) is 7.93. The van der Waals surface area contributed by atoms with Crippen LogP contribution in [0.1, 0.15) is 5.69 Å². The first kappa shape index (κ1) is 9.74. The van der Waals surface area contributed by atoms with Gasteiger partial charge in [0.25, 0.3) is 0 Å². The zero-order valence-electron chi connectivity index (χ0n) is 9.11. The van der Waals surface area contributed by atoms with Gasteiger partial charge in [-0.25, -0.2) is 0 Å². The first-order valence-electron chi connectivity index (χ1n) is 5.63. The number of fused-ring (bicyclic) bond motifs is 1. The van der Waals surface area contributed by atoms with E-state index in [-0.39, 0.29) is 0 Å². The van der Waals surface area contributed by atoms with Gasteiger partial charge in [0.05, 0.1) is 11.2 Å². The molecular formula is C11H15N5. The molecule has 84 valence electrons. The molecule has 5 heteroatoms. The van der Waals surface area contributed by atoms with Crippen molar-refractivity contribution in [2.75, 3.05) is 26.2 Å². The van der Waals surface area contributed by atoms with Crippen molar-refractivity contribution < 1.29 is 0 Å². The van der Waals surface area contributed by atoms with Crippen molar-refractivity contribution in [2.45, 2.75) is 6.54 Å².